The van der Waals surface area contributed by atoms with E-state index in [2.05, 4.69) is 5.32 Å². The van der Waals surface area contributed by atoms with Crippen LogP contribution in [0.5, 0.6) is 0 Å². The highest BCUT2D eigenvalue weighted by Gasteiger charge is 2.11. The molecule has 1 aromatic carbocycles. The topological polar surface area (TPSA) is 58.6 Å². The average molecular weight is 265 g/mol. The lowest BCUT2D eigenvalue weighted by Crippen LogP contribution is -2.28. The van der Waals surface area contributed by atoms with Crippen molar-refractivity contribution in [2.45, 2.75) is 32.3 Å². The van der Waals surface area contributed by atoms with Crippen LogP contribution in [-0.2, 0) is 9.53 Å². The van der Waals surface area contributed by atoms with E-state index in [-0.39, 0.29) is 12.5 Å². The van der Waals surface area contributed by atoms with Gasteiger partial charge in [0.25, 0.3) is 0 Å². The van der Waals surface area contributed by atoms with Gasteiger partial charge < -0.3 is 15.2 Å². The number of ether oxygens (including phenoxy) is 1. The Kier molecular flexibility index (Phi) is 7.15. The van der Waals surface area contributed by atoms with E-state index in [0.29, 0.717) is 13.0 Å². The van der Waals surface area contributed by atoms with Crippen molar-refractivity contribution >= 4 is 5.91 Å². The highest BCUT2D eigenvalue weighted by Crippen LogP contribution is 2.16. The molecule has 4 heteroatoms. The molecule has 0 saturated carbocycles. The Morgan fingerprint density at radius 2 is 2.11 bits per heavy atom. The van der Waals surface area contributed by atoms with E-state index in [1.54, 1.807) is 7.11 Å². The molecule has 4 nitrogen and oxygen atoms in total. The molecule has 1 aromatic rings. The molecule has 1 amide bonds. The highest BCUT2D eigenvalue weighted by molar-refractivity contribution is 5.75. The van der Waals surface area contributed by atoms with Gasteiger partial charge in [0.1, 0.15) is 0 Å². The number of aliphatic hydroxyl groups excluding tert-OH is 1. The quantitative estimate of drug-likeness (QED) is 0.706. The molecule has 0 aromatic heterocycles. The van der Waals surface area contributed by atoms with Gasteiger partial charge in [0.05, 0.1) is 6.10 Å². The molecule has 106 valence electrons. The van der Waals surface area contributed by atoms with Gasteiger partial charge in [-0.2, -0.15) is 0 Å². The Labute approximate surface area is 114 Å². The van der Waals surface area contributed by atoms with Crippen molar-refractivity contribution in [2.24, 2.45) is 0 Å². The zero-order valence-electron chi connectivity index (χ0n) is 11.7. The van der Waals surface area contributed by atoms with Gasteiger partial charge in [-0.15, -0.1) is 0 Å². The van der Waals surface area contributed by atoms with Crippen LogP contribution < -0.4 is 5.32 Å². The van der Waals surface area contributed by atoms with Gasteiger partial charge in [-0.1, -0.05) is 24.3 Å². The molecule has 0 heterocycles. The van der Waals surface area contributed by atoms with Crippen molar-refractivity contribution in [2.75, 3.05) is 20.3 Å². The van der Waals surface area contributed by atoms with Crippen LogP contribution in [0.4, 0.5) is 0 Å². The number of rotatable bonds is 8. The summed E-state index contributed by atoms with van der Waals surface area (Å²) in [5.41, 5.74) is 1.89. The van der Waals surface area contributed by atoms with Crippen LogP contribution in [-0.4, -0.2) is 31.3 Å². The van der Waals surface area contributed by atoms with E-state index in [1.165, 1.54) is 0 Å². The van der Waals surface area contributed by atoms with Gasteiger partial charge in [0, 0.05) is 26.7 Å². The second kappa shape index (κ2) is 8.67. The predicted molar refractivity (Wildman–Crippen MR) is 74.9 cm³/mol. The van der Waals surface area contributed by atoms with Crippen LogP contribution in [0.1, 0.15) is 36.5 Å². The first-order valence-electron chi connectivity index (χ1n) is 6.64. The Morgan fingerprint density at radius 1 is 1.37 bits per heavy atom. The largest absolute Gasteiger partial charge is 0.387 e. The number of carbonyl (C=O) groups excluding carboxylic acids is 1. The van der Waals surface area contributed by atoms with Crippen molar-refractivity contribution in [1.82, 2.24) is 5.32 Å². The summed E-state index contributed by atoms with van der Waals surface area (Å²) in [6.07, 6.45) is 1.51. The monoisotopic (exact) mass is 265 g/mol. The van der Waals surface area contributed by atoms with E-state index in [4.69, 9.17) is 4.74 Å². The minimum Gasteiger partial charge on any atom is -0.387 e. The maximum atomic E-state index is 11.6. The fourth-order valence-electron chi connectivity index (χ4n) is 1.90. The zero-order chi connectivity index (χ0) is 14.1. The van der Waals surface area contributed by atoms with E-state index >= 15 is 0 Å². The molecule has 0 fully saturated rings. The molecular weight excluding hydrogens is 242 g/mol. The number of hydrogen-bond donors (Lipinski definition) is 2. The number of aryl methyl sites for hydroxylation is 1. The van der Waals surface area contributed by atoms with Crippen molar-refractivity contribution in [3.8, 4) is 0 Å². The molecule has 0 radical (unpaired) electrons. The second-order valence-corrected chi connectivity index (χ2v) is 4.63. The first-order valence-corrected chi connectivity index (χ1v) is 6.64. The fraction of sp³-hybridized carbons (Fsp3) is 0.533. The minimum absolute atomic E-state index is 0.0243. The molecule has 0 unspecified atom stereocenters. The van der Waals surface area contributed by atoms with Crippen molar-refractivity contribution in [3.05, 3.63) is 35.4 Å². The SMILES string of the molecule is COCCCCC(=O)NC[C@H](O)c1ccccc1C. The summed E-state index contributed by atoms with van der Waals surface area (Å²) in [5, 5.41) is 12.8. The fourth-order valence-corrected chi connectivity index (χ4v) is 1.90. The third-order valence-electron chi connectivity index (χ3n) is 3.04. The van der Waals surface area contributed by atoms with Gasteiger partial charge in [-0.05, 0) is 30.9 Å². The molecule has 0 aliphatic carbocycles. The number of nitrogens with one attached hydrogen (secondary N) is 1. The third-order valence-corrected chi connectivity index (χ3v) is 3.04. The smallest absolute Gasteiger partial charge is 0.220 e. The maximum Gasteiger partial charge on any atom is 0.220 e. The zero-order valence-corrected chi connectivity index (χ0v) is 11.7. The van der Waals surface area contributed by atoms with Gasteiger partial charge in [0.2, 0.25) is 5.91 Å². The molecule has 19 heavy (non-hydrogen) atoms. The van der Waals surface area contributed by atoms with Gasteiger partial charge in [-0.3, -0.25) is 4.79 Å². The first-order chi connectivity index (χ1) is 9.15. The maximum absolute atomic E-state index is 11.6. The van der Waals surface area contributed by atoms with Crippen LogP contribution >= 0.6 is 0 Å². The van der Waals surface area contributed by atoms with Crippen LogP contribution in [0, 0.1) is 6.92 Å². The number of amides is 1. The molecule has 0 aliphatic rings. The molecular formula is C15H23NO3. The average Bonchev–Trinajstić information content (AvgIpc) is 2.41. The molecule has 2 N–H and O–H groups in total. The number of carbonyl (C=O) groups is 1. The first kappa shape index (κ1) is 15.7. The summed E-state index contributed by atoms with van der Waals surface area (Å²) in [6.45, 7) is 2.89. The number of methoxy groups -OCH3 is 1. The summed E-state index contributed by atoms with van der Waals surface area (Å²) in [4.78, 5) is 11.6. The van der Waals surface area contributed by atoms with Crippen molar-refractivity contribution in [1.29, 1.82) is 0 Å². The van der Waals surface area contributed by atoms with Gasteiger partial charge >= 0.3 is 0 Å². The number of unbranched alkanes of at least 4 members (excludes halogenated alkanes) is 1. The minimum atomic E-state index is -0.649. The van der Waals surface area contributed by atoms with Gasteiger partial charge in [0.15, 0.2) is 0 Å². The summed E-state index contributed by atoms with van der Waals surface area (Å²) in [7, 11) is 1.65. The molecule has 0 spiro atoms. The third kappa shape index (κ3) is 5.85. The van der Waals surface area contributed by atoms with Crippen molar-refractivity contribution in [3.63, 3.8) is 0 Å². The Hall–Kier alpha value is -1.39. The second-order valence-electron chi connectivity index (χ2n) is 4.63. The van der Waals surface area contributed by atoms with E-state index in [0.717, 1.165) is 24.0 Å². The van der Waals surface area contributed by atoms with Gasteiger partial charge in [-0.25, -0.2) is 0 Å². The van der Waals surface area contributed by atoms with E-state index in [1.807, 2.05) is 31.2 Å². The lowest BCUT2D eigenvalue weighted by molar-refractivity contribution is -0.121. The number of benzene rings is 1. The lowest BCUT2D eigenvalue weighted by Gasteiger charge is -2.14. The van der Waals surface area contributed by atoms with E-state index < -0.39 is 6.10 Å². The summed E-state index contributed by atoms with van der Waals surface area (Å²) in [6, 6.07) is 7.65. The van der Waals surface area contributed by atoms with Crippen LogP contribution in [0.3, 0.4) is 0 Å². The van der Waals surface area contributed by atoms with Crippen LogP contribution in [0.25, 0.3) is 0 Å². The summed E-state index contributed by atoms with van der Waals surface area (Å²) in [5.74, 6) is -0.0243. The number of aliphatic hydroxyl groups is 1. The van der Waals surface area contributed by atoms with Crippen LogP contribution in [0.2, 0.25) is 0 Å². The summed E-state index contributed by atoms with van der Waals surface area (Å²) < 4.78 is 4.92. The lowest BCUT2D eigenvalue weighted by atomic mass is 10.0. The molecule has 0 bridgehead atoms. The Bertz CT molecular complexity index is 393. The molecule has 1 atom stereocenters. The molecule has 0 saturated heterocycles. The molecule has 1 rings (SSSR count). The Morgan fingerprint density at radius 3 is 2.79 bits per heavy atom. The van der Waals surface area contributed by atoms with Crippen molar-refractivity contribution < 1.29 is 14.6 Å². The normalized spacial score (nSPS) is 12.2. The summed E-state index contributed by atoms with van der Waals surface area (Å²) >= 11 is 0. The standard InChI is InChI=1S/C15H23NO3/c1-12-7-3-4-8-13(12)14(17)11-16-15(18)9-5-6-10-19-2/h3-4,7-8,14,17H,5-6,9-11H2,1-2H3,(H,16,18)/t14-/m0/s1. The highest BCUT2D eigenvalue weighted by atomic mass is 16.5. The Balaban J connectivity index is 2.28. The predicted octanol–water partition coefficient (Wildman–Crippen LogP) is 1.96. The number of hydrogen-bond acceptors (Lipinski definition) is 3. The molecule has 0 aliphatic heterocycles. The van der Waals surface area contributed by atoms with E-state index in [9.17, 15) is 9.90 Å². The van der Waals surface area contributed by atoms with Crippen LogP contribution in [0.15, 0.2) is 24.3 Å².